The summed E-state index contributed by atoms with van der Waals surface area (Å²) in [5.41, 5.74) is 1.17. The van der Waals surface area contributed by atoms with Crippen LogP contribution in [0.2, 0.25) is 0 Å². The zero-order valence-electron chi connectivity index (χ0n) is 15.8. The fourth-order valence-corrected chi connectivity index (χ4v) is 2.30. The molecule has 0 saturated carbocycles. The van der Waals surface area contributed by atoms with Gasteiger partial charge < -0.3 is 15.5 Å². The Morgan fingerprint density at radius 1 is 1.29 bits per heavy atom. The Labute approximate surface area is 164 Å². The van der Waals surface area contributed by atoms with Crippen LogP contribution in [0, 0.1) is 0 Å². The number of aromatic nitrogens is 1. The van der Waals surface area contributed by atoms with Gasteiger partial charge in [-0.05, 0) is 38.0 Å². The number of nitrogens with zero attached hydrogens (tertiary/aromatic N) is 3. The van der Waals surface area contributed by atoms with Crippen molar-refractivity contribution in [3.63, 3.8) is 0 Å². The molecule has 24 heavy (non-hydrogen) atoms. The van der Waals surface area contributed by atoms with Crippen molar-refractivity contribution in [1.29, 1.82) is 0 Å². The maximum atomic E-state index is 4.70. The molecule has 1 atom stereocenters. The van der Waals surface area contributed by atoms with Gasteiger partial charge in [0.1, 0.15) is 5.82 Å². The first kappa shape index (κ1) is 22.9. The highest BCUT2D eigenvalue weighted by Gasteiger charge is 2.05. The van der Waals surface area contributed by atoms with E-state index < -0.39 is 0 Å². The molecule has 0 fully saturated rings. The smallest absolute Gasteiger partial charge is 0.191 e. The van der Waals surface area contributed by atoms with Crippen molar-refractivity contribution in [3.05, 3.63) is 23.9 Å². The van der Waals surface area contributed by atoms with Crippen molar-refractivity contribution in [3.8, 4) is 0 Å². The van der Waals surface area contributed by atoms with E-state index in [1.54, 1.807) is 0 Å². The van der Waals surface area contributed by atoms with Gasteiger partial charge in [0.2, 0.25) is 0 Å². The van der Waals surface area contributed by atoms with E-state index in [4.69, 9.17) is 4.99 Å². The Morgan fingerprint density at radius 2 is 2.04 bits per heavy atom. The third-order valence-electron chi connectivity index (χ3n) is 3.66. The summed E-state index contributed by atoms with van der Waals surface area (Å²) in [5.74, 6) is 1.85. The lowest BCUT2D eigenvalue weighted by atomic mass is 10.1. The van der Waals surface area contributed by atoms with Crippen LogP contribution in [0.3, 0.4) is 0 Å². The van der Waals surface area contributed by atoms with E-state index in [0.29, 0.717) is 12.6 Å². The molecule has 0 radical (unpaired) electrons. The van der Waals surface area contributed by atoms with Crippen LogP contribution in [0.25, 0.3) is 0 Å². The van der Waals surface area contributed by atoms with Crippen LogP contribution < -0.4 is 15.5 Å². The van der Waals surface area contributed by atoms with Crippen LogP contribution >= 0.6 is 24.0 Å². The Hall–Kier alpha value is -1.05. The minimum absolute atomic E-state index is 0. The number of halogens is 1. The molecule has 0 aliphatic rings. The van der Waals surface area contributed by atoms with Gasteiger partial charge in [-0.3, -0.25) is 0 Å². The van der Waals surface area contributed by atoms with E-state index >= 15 is 0 Å². The highest BCUT2D eigenvalue weighted by molar-refractivity contribution is 14.0. The summed E-state index contributed by atoms with van der Waals surface area (Å²) in [7, 11) is 4.00. The van der Waals surface area contributed by atoms with E-state index in [0.717, 1.165) is 18.3 Å². The first-order valence-electron chi connectivity index (χ1n) is 8.73. The number of guanidine groups is 1. The highest BCUT2D eigenvalue weighted by atomic mass is 127. The summed E-state index contributed by atoms with van der Waals surface area (Å²) in [6.45, 7) is 8.07. The molecule has 0 aromatic carbocycles. The third kappa shape index (κ3) is 9.30. The standard InChI is InChI=1S/C18H33N5.HI/c1-6-8-9-10-15(3)22-18(19-7-2)21-14-16-11-12-20-17(13-16)23(4)5;/h11-13,15H,6-10,14H2,1-5H3,(H2,19,21,22);1H. The van der Waals surface area contributed by atoms with Gasteiger partial charge in [0.25, 0.3) is 0 Å². The van der Waals surface area contributed by atoms with E-state index in [2.05, 4.69) is 42.5 Å². The Kier molecular flexibility index (Phi) is 12.7. The summed E-state index contributed by atoms with van der Waals surface area (Å²) in [6.07, 6.45) is 6.84. The molecule has 0 spiro atoms. The number of anilines is 1. The molecule has 6 heteroatoms. The molecule has 0 saturated heterocycles. The monoisotopic (exact) mass is 447 g/mol. The number of hydrogen-bond acceptors (Lipinski definition) is 3. The minimum Gasteiger partial charge on any atom is -0.363 e. The SMILES string of the molecule is CCCCCC(C)NC(=NCc1ccnc(N(C)C)c1)NCC.I. The predicted octanol–water partition coefficient (Wildman–Crippen LogP) is 3.79. The van der Waals surface area contributed by atoms with Crippen LogP contribution in [0.4, 0.5) is 5.82 Å². The first-order chi connectivity index (χ1) is 11.1. The van der Waals surface area contributed by atoms with Crippen LogP contribution in [0.1, 0.15) is 52.0 Å². The number of hydrogen-bond donors (Lipinski definition) is 2. The van der Waals surface area contributed by atoms with E-state index in [1.807, 2.05) is 31.3 Å². The lowest BCUT2D eigenvalue weighted by Gasteiger charge is -2.18. The summed E-state index contributed by atoms with van der Waals surface area (Å²) in [6, 6.07) is 4.54. The quantitative estimate of drug-likeness (QED) is 0.262. The van der Waals surface area contributed by atoms with Crippen LogP contribution in [0.5, 0.6) is 0 Å². The lowest BCUT2D eigenvalue weighted by molar-refractivity contribution is 0.547. The van der Waals surface area contributed by atoms with E-state index in [-0.39, 0.29) is 24.0 Å². The zero-order chi connectivity index (χ0) is 17.1. The molecule has 0 aliphatic heterocycles. The topological polar surface area (TPSA) is 52.6 Å². The van der Waals surface area contributed by atoms with Gasteiger partial charge in [-0.25, -0.2) is 9.98 Å². The van der Waals surface area contributed by atoms with Crippen molar-refractivity contribution in [2.24, 2.45) is 4.99 Å². The number of rotatable bonds is 9. The highest BCUT2D eigenvalue weighted by Crippen LogP contribution is 2.10. The largest absolute Gasteiger partial charge is 0.363 e. The minimum atomic E-state index is 0. The average Bonchev–Trinajstić information content (AvgIpc) is 2.53. The van der Waals surface area contributed by atoms with Gasteiger partial charge in [-0.1, -0.05) is 26.2 Å². The van der Waals surface area contributed by atoms with Crippen molar-refractivity contribution in [2.45, 2.75) is 59.0 Å². The van der Waals surface area contributed by atoms with Crippen molar-refractivity contribution < 1.29 is 0 Å². The summed E-state index contributed by atoms with van der Waals surface area (Å²) in [4.78, 5) is 11.0. The third-order valence-corrected chi connectivity index (χ3v) is 3.66. The second kappa shape index (κ2) is 13.3. The van der Waals surface area contributed by atoms with Gasteiger partial charge >= 0.3 is 0 Å². The van der Waals surface area contributed by atoms with Gasteiger partial charge in [-0.2, -0.15) is 0 Å². The molecule has 1 unspecified atom stereocenters. The molecule has 0 bridgehead atoms. The number of aliphatic imine (C=N–C) groups is 1. The second-order valence-electron chi connectivity index (χ2n) is 6.15. The van der Waals surface area contributed by atoms with Gasteiger partial charge in [0.15, 0.2) is 5.96 Å². The van der Waals surface area contributed by atoms with Crippen molar-refractivity contribution in [2.75, 3.05) is 25.5 Å². The molecular formula is C18H34IN5. The fourth-order valence-electron chi connectivity index (χ4n) is 2.30. The Balaban J connectivity index is 0.00000529. The molecule has 2 N–H and O–H groups in total. The second-order valence-corrected chi connectivity index (χ2v) is 6.15. The maximum Gasteiger partial charge on any atom is 0.191 e. The van der Waals surface area contributed by atoms with E-state index in [9.17, 15) is 0 Å². The molecule has 138 valence electrons. The van der Waals surface area contributed by atoms with Gasteiger partial charge in [0.05, 0.1) is 6.54 Å². The molecule has 0 amide bonds. The lowest BCUT2D eigenvalue weighted by Crippen LogP contribution is -2.42. The predicted molar refractivity (Wildman–Crippen MR) is 116 cm³/mol. The zero-order valence-corrected chi connectivity index (χ0v) is 18.1. The van der Waals surface area contributed by atoms with Crippen LogP contribution in [-0.2, 0) is 6.54 Å². The van der Waals surface area contributed by atoms with Crippen molar-refractivity contribution >= 4 is 35.8 Å². The maximum absolute atomic E-state index is 4.70. The molecule has 5 nitrogen and oxygen atoms in total. The average molecular weight is 447 g/mol. The normalized spacial score (nSPS) is 12.3. The first-order valence-corrected chi connectivity index (χ1v) is 8.73. The number of unbranched alkanes of at least 4 members (excludes halogenated alkanes) is 2. The fraction of sp³-hybridized carbons (Fsp3) is 0.667. The Morgan fingerprint density at radius 3 is 2.67 bits per heavy atom. The molecule has 0 aliphatic carbocycles. The van der Waals surface area contributed by atoms with E-state index in [1.165, 1.54) is 31.2 Å². The summed E-state index contributed by atoms with van der Waals surface area (Å²) < 4.78 is 0. The summed E-state index contributed by atoms with van der Waals surface area (Å²) in [5, 5.41) is 6.82. The molecule has 1 rings (SSSR count). The van der Waals surface area contributed by atoms with Crippen LogP contribution in [0.15, 0.2) is 23.3 Å². The van der Waals surface area contributed by atoms with Gasteiger partial charge in [0, 0.05) is 32.9 Å². The molecule has 1 aromatic rings. The van der Waals surface area contributed by atoms with Crippen molar-refractivity contribution in [1.82, 2.24) is 15.6 Å². The number of nitrogens with one attached hydrogen (secondary N) is 2. The summed E-state index contributed by atoms with van der Waals surface area (Å²) >= 11 is 0. The molecule has 1 aromatic heterocycles. The Bertz CT molecular complexity index is 476. The van der Waals surface area contributed by atoms with Gasteiger partial charge in [-0.15, -0.1) is 24.0 Å². The number of pyridine rings is 1. The van der Waals surface area contributed by atoms with Crippen LogP contribution in [-0.4, -0.2) is 37.6 Å². The molecular weight excluding hydrogens is 413 g/mol. The molecule has 1 heterocycles.